The van der Waals surface area contributed by atoms with Crippen LogP contribution in [0, 0.1) is 0 Å². The minimum Gasteiger partial charge on any atom is -0.453 e. The molecule has 0 aliphatic carbocycles. The summed E-state index contributed by atoms with van der Waals surface area (Å²) in [4.78, 5) is 27.2. The van der Waals surface area contributed by atoms with Crippen LogP contribution in [0.15, 0.2) is 29.2 Å². The van der Waals surface area contributed by atoms with Crippen molar-refractivity contribution in [3.63, 3.8) is 0 Å². The summed E-state index contributed by atoms with van der Waals surface area (Å²) in [5, 5.41) is 0. The quantitative estimate of drug-likeness (QED) is 0.550. The smallest absolute Gasteiger partial charge is 0.306 e. The van der Waals surface area contributed by atoms with Crippen LogP contribution in [0.2, 0.25) is 0 Å². The van der Waals surface area contributed by atoms with Gasteiger partial charge in [0.2, 0.25) is 10.0 Å². The lowest BCUT2D eigenvalue weighted by Gasteiger charge is -2.36. The van der Waals surface area contributed by atoms with Crippen molar-refractivity contribution in [2.75, 3.05) is 19.6 Å². The molecule has 0 radical (unpaired) electrons. The molecule has 178 valence electrons. The Balaban J connectivity index is 1.49. The van der Waals surface area contributed by atoms with E-state index in [0.29, 0.717) is 19.5 Å². The summed E-state index contributed by atoms with van der Waals surface area (Å²) in [6, 6.07) is 6.95. The van der Waals surface area contributed by atoms with Gasteiger partial charge < -0.3 is 9.64 Å². The summed E-state index contributed by atoms with van der Waals surface area (Å²) in [5.74, 6) is -0.530. The number of sulfonamides is 1. The third-order valence-electron chi connectivity index (χ3n) is 6.53. The molecule has 32 heavy (non-hydrogen) atoms. The Kier molecular flexibility index (Phi) is 8.71. The molecular weight excluding hydrogens is 428 g/mol. The van der Waals surface area contributed by atoms with Crippen molar-refractivity contribution in [2.45, 2.75) is 88.7 Å². The number of nitrogens with zero attached hydrogens (tertiary/aromatic N) is 2. The Morgan fingerprint density at radius 2 is 1.69 bits per heavy atom. The van der Waals surface area contributed by atoms with Gasteiger partial charge in [0.1, 0.15) is 0 Å². The van der Waals surface area contributed by atoms with Crippen LogP contribution in [0.4, 0.5) is 0 Å². The van der Waals surface area contributed by atoms with Crippen molar-refractivity contribution in [3.05, 3.63) is 29.8 Å². The molecule has 0 saturated carbocycles. The van der Waals surface area contributed by atoms with Crippen LogP contribution in [0.25, 0.3) is 0 Å². The second-order valence-corrected chi connectivity index (χ2v) is 10.8. The van der Waals surface area contributed by atoms with Gasteiger partial charge >= 0.3 is 5.97 Å². The Hall–Kier alpha value is -1.93. The van der Waals surface area contributed by atoms with E-state index in [1.54, 1.807) is 35.5 Å². The second-order valence-electron chi connectivity index (χ2n) is 8.83. The largest absolute Gasteiger partial charge is 0.453 e. The van der Waals surface area contributed by atoms with Gasteiger partial charge in [0, 0.05) is 32.1 Å². The molecule has 2 heterocycles. The average molecular weight is 465 g/mol. The van der Waals surface area contributed by atoms with Crippen LogP contribution in [-0.4, -0.2) is 61.3 Å². The highest BCUT2D eigenvalue weighted by Crippen LogP contribution is 2.22. The highest BCUT2D eigenvalue weighted by molar-refractivity contribution is 7.89. The molecule has 7 nitrogen and oxygen atoms in total. The van der Waals surface area contributed by atoms with Gasteiger partial charge in [-0.25, -0.2) is 8.42 Å². The molecule has 2 aliphatic heterocycles. The number of amides is 1. The van der Waals surface area contributed by atoms with Crippen LogP contribution < -0.4 is 0 Å². The minimum atomic E-state index is -3.45. The zero-order valence-electron chi connectivity index (χ0n) is 19.3. The van der Waals surface area contributed by atoms with E-state index >= 15 is 0 Å². The molecule has 8 heteroatoms. The van der Waals surface area contributed by atoms with Crippen LogP contribution in [0.1, 0.15) is 70.8 Å². The van der Waals surface area contributed by atoms with Crippen molar-refractivity contribution in [1.82, 2.24) is 9.21 Å². The number of likely N-dealkylation sites (tertiary alicyclic amines) is 1. The second kappa shape index (κ2) is 11.3. The van der Waals surface area contributed by atoms with E-state index in [9.17, 15) is 18.0 Å². The summed E-state index contributed by atoms with van der Waals surface area (Å²) in [6.07, 6.45) is 6.71. The molecule has 0 bridgehead atoms. The number of aryl methyl sites for hydroxylation is 1. The van der Waals surface area contributed by atoms with Crippen LogP contribution in [0.3, 0.4) is 0 Å². The normalized spacial score (nSPS) is 21.2. The van der Waals surface area contributed by atoms with E-state index in [1.165, 1.54) is 0 Å². The number of benzene rings is 1. The van der Waals surface area contributed by atoms with Gasteiger partial charge in [0.15, 0.2) is 6.10 Å². The number of piperidine rings is 2. The third kappa shape index (κ3) is 6.10. The first-order valence-electron chi connectivity index (χ1n) is 11.9. The molecule has 0 spiro atoms. The topological polar surface area (TPSA) is 84.0 Å². The maximum atomic E-state index is 12.7. The molecule has 1 amide bonds. The zero-order chi connectivity index (χ0) is 23.1. The Morgan fingerprint density at radius 3 is 2.34 bits per heavy atom. The maximum Gasteiger partial charge on any atom is 0.306 e. The Labute approximate surface area is 192 Å². The Morgan fingerprint density at radius 1 is 1.03 bits per heavy atom. The lowest BCUT2D eigenvalue weighted by molar-refractivity contribution is -0.161. The highest BCUT2D eigenvalue weighted by Gasteiger charge is 2.30. The van der Waals surface area contributed by atoms with Gasteiger partial charge in [-0.3, -0.25) is 9.59 Å². The fourth-order valence-corrected chi connectivity index (χ4v) is 6.10. The first-order chi connectivity index (χ1) is 15.3. The van der Waals surface area contributed by atoms with Gasteiger partial charge in [-0.15, -0.1) is 0 Å². The zero-order valence-corrected chi connectivity index (χ0v) is 20.1. The molecule has 1 aromatic carbocycles. The molecular formula is C24H36N2O5S. The maximum absolute atomic E-state index is 12.7. The summed E-state index contributed by atoms with van der Waals surface area (Å²) >= 11 is 0. The van der Waals surface area contributed by atoms with Gasteiger partial charge in [-0.1, -0.05) is 25.5 Å². The molecule has 2 saturated heterocycles. The SMILES string of the molecule is CCC1CCCCN1C(=O)C(C)OC(=O)CCc1ccc(S(=O)(=O)N2CCCCC2)cc1. The minimum absolute atomic E-state index is 0.114. The predicted molar refractivity (Wildman–Crippen MR) is 123 cm³/mol. The molecule has 2 fully saturated rings. The highest BCUT2D eigenvalue weighted by atomic mass is 32.2. The van der Waals surface area contributed by atoms with E-state index in [4.69, 9.17) is 4.74 Å². The third-order valence-corrected chi connectivity index (χ3v) is 8.44. The predicted octanol–water partition coefficient (Wildman–Crippen LogP) is 3.52. The lowest BCUT2D eigenvalue weighted by Crippen LogP contribution is -2.48. The molecule has 0 N–H and O–H groups in total. The fraction of sp³-hybridized carbons (Fsp3) is 0.667. The summed E-state index contributed by atoms with van der Waals surface area (Å²) in [5.41, 5.74) is 0.862. The van der Waals surface area contributed by atoms with Gasteiger partial charge in [0.25, 0.3) is 5.91 Å². The number of ether oxygens (including phenoxy) is 1. The number of carbonyl (C=O) groups excluding carboxylic acids is 2. The average Bonchev–Trinajstić information content (AvgIpc) is 2.83. The molecule has 3 rings (SSSR count). The first kappa shape index (κ1) is 24.7. The molecule has 2 aliphatic rings. The van der Waals surface area contributed by atoms with Crippen molar-refractivity contribution in [2.24, 2.45) is 0 Å². The molecule has 0 aromatic heterocycles. The summed E-state index contributed by atoms with van der Waals surface area (Å²) in [6.45, 7) is 5.59. The van der Waals surface area contributed by atoms with E-state index in [2.05, 4.69) is 6.92 Å². The van der Waals surface area contributed by atoms with Gasteiger partial charge in [0.05, 0.1) is 4.90 Å². The van der Waals surface area contributed by atoms with Crippen LogP contribution in [0.5, 0.6) is 0 Å². The van der Waals surface area contributed by atoms with Crippen molar-refractivity contribution in [1.29, 1.82) is 0 Å². The van der Waals surface area contributed by atoms with Crippen molar-refractivity contribution >= 4 is 21.9 Å². The van der Waals surface area contributed by atoms with Crippen LogP contribution >= 0.6 is 0 Å². The number of hydrogen-bond donors (Lipinski definition) is 0. The van der Waals surface area contributed by atoms with E-state index in [1.807, 2.05) is 4.90 Å². The molecule has 2 unspecified atom stereocenters. The fourth-order valence-electron chi connectivity index (χ4n) is 4.58. The van der Waals surface area contributed by atoms with E-state index in [0.717, 1.165) is 57.1 Å². The number of rotatable bonds is 8. The van der Waals surface area contributed by atoms with E-state index in [-0.39, 0.29) is 23.3 Å². The first-order valence-corrected chi connectivity index (χ1v) is 13.4. The van der Waals surface area contributed by atoms with Crippen molar-refractivity contribution < 1.29 is 22.7 Å². The number of hydrogen-bond acceptors (Lipinski definition) is 5. The number of esters is 1. The molecule has 1 aromatic rings. The van der Waals surface area contributed by atoms with E-state index < -0.39 is 22.1 Å². The molecule has 2 atom stereocenters. The monoisotopic (exact) mass is 464 g/mol. The standard InChI is InChI=1S/C24H36N2O5S/c1-3-21-9-5-8-18-26(21)24(28)19(2)31-23(27)15-12-20-10-13-22(14-11-20)32(29,30)25-16-6-4-7-17-25/h10-11,13-14,19,21H,3-9,12,15-18H2,1-2H3. The van der Waals surface area contributed by atoms with Gasteiger partial charge in [-0.05, 0) is 69.6 Å². The summed E-state index contributed by atoms with van der Waals surface area (Å²) < 4.78 is 32.4. The van der Waals surface area contributed by atoms with Gasteiger partial charge in [-0.2, -0.15) is 4.31 Å². The Bertz CT molecular complexity index is 878. The summed E-state index contributed by atoms with van der Waals surface area (Å²) in [7, 11) is -3.45. The van der Waals surface area contributed by atoms with Crippen molar-refractivity contribution in [3.8, 4) is 0 Å². The lowest BCUT2D eigenvalue weighted by atomic mass is 9.99. The van der Waals surface area contributed by atoms with Crippen LogP contribution in [-0.2, 0) is 30.8 Å². The number of carbonyl (C=O) groups is 2.